The summed E-state index contributed by atoms with van der Waals surface area (Å²) in [4.78, 5) is 25.2. The summed E-state index contributed by atoms with van der Waals surface area (Å²) in [5.41, 5.74) is 0.946. The molecule has 0 saturated heterocycles. The van der Waals surface area contributed by atoms with Gasteiger partial charge in [-0.05, 0) is 42.8 Å². The zero-order valence-corrected chi connectivity index (χ0v) is 14.8. The molecule has 0 bridgehead atoms. The molecule has 0 N–H and O–H groups in total. The van der Waals surface area contributed by atoms with E-state index in [9.17, 15) is 9.59 Å². The average Bonchev–Trinajstić information content (AvgIpc) is 2.52. The molecular formula is C17H14BrClN2O2. The molecule has 0 amide bonds. The Bertz CT molecular complexity index is 1010. The summed E-state index contributed by atoms with van der Waals surface area (Å²) < 4.78 is 3.66. The van der Waals surface area contributed by atoms with Gasteiger partial charge in [0.2, 0.25) is 0 Å². The maximum Gasteiger partial charge on any atom is 0.331 e. The van der Waals surface area contributed by atoms with E-state index in [1.807, 2.05) is 24.3 Å². The molecule has 6 heteroatoms. The Hall–Kier alpha value is -1.85. The molecule has 0 spiro atoms. The fourth-order valence-corrected chi connectivity index (χ4v) is 3.22. The van der Waals surface area contributed by atoms with Crippen molar-refractivity contribution in [3.8, 4) is 0 Å². The highest BCUT2D eigenvalue weighted by Gasteiger charge is 2.13. The third kappa shape index (κ3) is 2.99. The molecule has 1 aromatic heterocycles. The Morgan fingerprint density at radius 3 is 2.57 bits per heavy atom. The normalized spacial score (nSPS) is 11.1. The van der Waals surface area contributed by atoms with E-state index in [0.29, 0.717) is 29.0 Å². The van der Waals surface area contributed by atoms with Crippen molar-refractivity contribution in [3.05, 3.63) is 78.4 Å². The van der Waals surface area contributed by atoms with Gasteiger partial charge in [0.05, 0.1) is 17.4 Å². The maximum atomic E-state index is 12.7. The second kappa shape index (κ2) is 6.34. The lowest BCUT2D eigenvalue weighted by molar-refractivity contribution is 0.619. The summed E-state index contributed by atoms with van der Waals surface area (Å²) in [6, 6.07) is 12.7. The molecule has 0 unspecified atom stereocenters. The van der Waals surface area contributed by atoms with E-state index in [2.05, 4.69) is 15.9 Å². The van der Waals surface area contributed by atoms with E-state index in [0.717, 1.165) is 10.0 Å². The Balaban J connectivity index is 2.31. The summed E-state index contributed by atoms with van der Waals surface area (Å²) >= 11 is 9.40. The quantitative estimate of drug-likeness (QED) is 0.682. The number of hydrogen-bond donors (Lipinski definition) is 0. The number of halogens is 2. The van der Waals surface area contributed by atoms with Gasteiger partial charge in [-0.15, -0.1) is 0 Å². The SMILES string of the molecule is CCn1c(=O)c2cc(Br)ccc2n(Cc2cccc(Cl)c2)c1=O. The van der Waals surface area contributed by atoms with Crippen LogP contribution >= 0.6 is 27.5 Å². The molecule has 0 aliphatic heterocycles. The Kier molecular flexibility index (Phi) is 4.41. The van der Waals surface area contributed by atoms with Gasteiger partial charge >= 0.3 is 5.69 Å². The lowest BCUT2D eigenvalue weighted by atomic mass is 10.2. The first-order chi connectivity index (χ1) is 11.0. The fraction of sp³-hybridized carbons (Fsp3) is 0.176. The fourth-order valence-electron chi connectivity index (χ4n) is 2.65. The largest absolute Gasteiger partial charge is 0.331 e. The molecule has 1 heterocycles. The third-order valence-corrected chi connectivity index (χ3v) is 4.46. The van der Waals surface area contributed by atoms with Gasteiger partial charge < -0.3 is 0 Å². The van der Waals surface area contributed by atoms with Crippen molar-refractivity contribution in [2.24, 2.45) is 0 Å². The van der Waals surface area contributed by atoms with Gasteiger partial charge in [0, 0.05) is 16.0 Å². The van der Waals surface area contributed by atoms with Crippen molar-refractivity contribution in [2.75, 3.05) is 0 Å². The summed E-state index contributed by atoms with van der Waals surface area (Å²) in [7, 11) is 0. The minimum atomic E-state index is -0.313. The highest BCUT2D eigenvalue weighted by Crippen LogP contribution is 2.18. The molecule has 0 fully saturated rings. The van der Waals surface area contributed by atoms with Crippen molar-refractivity contribution in [3.63, 3.8) is 0 Å². The van der Waals surface area contributed by atoms with E-state index in [-0.39, 0.29) is 11.2 Å². The molecule has 2 aromatic carbocycles. The third-order valence-electron chi connectivity index (χ3n) is 3.73. The number of hydrogen-bond acceptors (Lipinski definition) is 2. The van der Waals surface area contributed by atoms with Crippen LogP contribution in [0.5, 0.6) is 0 Å². The average molecular weight is 394 g/mol. The van der Waals surface area contributed by atoms with Crippen LogP contribution in [0.3, 0.4) is 0 Å². The van der Waals surface area contributed by atoms with E-state index < -0.39 is 0 Å². The second-order valence-electron chi connectivity index (χ2n) is 5.21. The monoisotopic (exact) mass is 392 g/mol. The zero-order valence-electron chi connectivity index (χ0n) is 12.4. The lowest BCUT2D eigenvalue weighted by Crippen LogP contribution is -2.39. The topological polar surface area (TPSA) is 44.0 Å². The van der Waals surface area contributed by atoms with Gasteiger partial charge in [-0.25, -0.2) is 4.79 Å². The van der Waals surface area contributed by atoms with Crippen LogP contribution in [0.4, 0.5) is 0 Å². The van der Waals surface area contributed by atoms with E-state index in [1.165, 1.54) is 4.57 Å². The number of nitrogens with zero attached hydrogens (tertiary/aromatic N) is 2. The number of rotatable bonds is 3. The standard InChI is InChI=1S/C17H14BrClN2O2/c1-2-20-16(22)14-9-12(18)6-7-15(14)21(17(20)23)10-11-4-3-5-13(19)8-11/h3-9H,2,10H2,1H3. The van der Waals surface area contributed by atoms with Crippen molar-refractivity contribution in [1.82, 2.24) is 9.13 Å². The second-order valence-corrected chi connectivity index (χ2v) is 6.56. The van der Waals surface area contributed by atoms with Gasteiger partial charge in [0.15, 0.2) is 0 Å². The zero-order chi connectivity index (χ0) is 16.6. The van der Waals surface area contributed by atoms with Gasteiger partial charge in [-0.2, -0.15) is 0 Å². The number of fused-ring (bicyclic) bond motifs is 1. The molecule has 118 valence electrons. The molecular weight excluding hydrogens is 380 g/mol. The van der Waals surface area contributed by atoms with Crippen LogP contribution in [0, 0.1) is 0 Å². The highest BCUT2D eigenvalue weighted by molar-refractivity contribution is 9.10. The van der Waals surface area contributed by atoms with Crippen molar-refractivity contribution in [2.45, 2.75) is 20.0 Å². The molecule has 0 atom stereocenters. The first-order valence-electron chi connectivity index (χ1n) is 7.18. The molecule has 0 aliphatic rings. The van der Waals surface area contributed by atoms with Crippen LogP contribution in [0.2, 0.25) is 5.02 Å². The summed E-state index contributed by atoms with van der Waals surface area (Å²) in [5.74, 6) is 0. The Labute approximate surface area is 146 Å². The Morgan fingerprint density at radius 2 is 1.87 bits per heavy atom. The van der Waals surface area contributed by atoms with Crippen LogP contribution in [-0.2, 0) is 13.1 Å². The first-order valence-corrected chi connectivity index (χ1v) is 8.35. The van der Waals surface area contributed by atoms with Gasteiger partial charge in [-0.3, -0.25) is 13.9 Å². The summed E-state index contributed by atoms with van der Waals surface area (Å²) in [5, 5.41) is 1.13. The predicted octanol–water partition coefficient (Wildman–Crippen LogP) is 3.65. The van der Waals surface area contributed by atoms with Crippen LogP contribution in [0.25, 0.3) is 10.9 Å². The van der Waals surface area contributed by atoms with Crippen LogP contribution < -0.4 is 11.2 Å². The number of aromatic nitrogens is 2. The molecule has 23 heavy (non-hydrogen) atoms. The smallest absolute Gasteiger partial charge is 0.289 e. The van der Waals surface area contributed by atoms with Crippen molar-refractivity contribution in [1.29, 1.82) is 0 Å². The molecule has 3 rings (SSSR count). The van der Waals surface area contributed by atoms with Crippen molar-refractivity contribution < 1.29 is 0 Å². The highest BCUT2D eigenvalue weighted by atomic mass is 79.9. The van der Waals surface area contributed by atoms with E-state index >= 15 is 0 Å². The molecule has 0 saturated carbocycles. The van der Waals surface area contributed by atoms with Gasteiger partial charge in [-0.1, -0.05) is 39.7 Å². The summed E-state index contributed by atoms with van der Waals surface area (Å²) in [6.45, 7) is 2.48. The van der Waals surface area contributed by atoms with Gasteiger partial charge in [0.1, 0.15) is 0 Å². The van der Waals surface area contributed by atoms with Gasteiger partial charge in [0.25, 0.3) is 5.56 Å². The number of benzene rings is 2. The van der Waals surface area contributed by atoms with Crippen LogP contribution in [-0.4, -0.2) is 9.13 Å². The lowest BCUT2D eigenvalue weighted by Gasteiger charge is -2.13. The molecule has 3 aromatic rings. The minimum Gasteiger partial charge on any atom is -0.289 e. The van der Waals surface area contributed by atoms with E-state index in [4.69, 9.17) is 11.6 Å². The van der Waals surface area contributed by atoms with E-state index in [1.54, 1.807) is 29.7 Å². The first kappa shape index (κ1) is 16.0. The predicted molar refractivity (Wildman–Crippen MR) is 96.4 cm³/mol. The summed E-state index contributed by atoms with van der Waals surface area (Å²) in [6.07, 6.45) is 0. The Morgan fingerprint density at radius 1 is 1.09 bits per heavy atom. The van der Waals surface area contributed by atoms with Crippen molar-refractivity contribution >= 4 is 38.4 Å². The van der Waals surface area contributed by atoms with Crippen LogP contribution in [0.1, 0.15) is 12.5 Å². The van der Waals surface area contributed by atoms with Crippen LogP contribution in [0.15, 0.2) is 56.5 Å². The minimum absolute atomic E-state index is 0.267. The molecule has 0 aliphatic carbocycles. The molecule has 0 radical (unpaired) electrons. The molecule has 4 nitrogen and oxygen atoms in total. The maximum absolute atomic E-state index is 12.7.